The summed E-state index contributed by atoms with van der Waals surface area (Å²) in [5, 5.41) is 8.75. The molecule has 0 aromatic rings. The first-order valence-electron chi connectivity index (χ1n) is 4.64. The van der Waals surface area contributed by atoms with E-state index in [4.69, 9.17) is 16.3 Å². The SMILES string of the molecule is C#CCC(CC(=O)OC(C)(C)C)C(=O)O. The summed E-state index contributed by atoms with van der Waals surface area (Å²) < 4.78 is 4.99. The molecule has 1 unspecified atom stereocenters. The number of hydrogen-bond donors (Lipinski definition) is 1. The molecule has 0 radical (unpaired) electrons. The van der Waals surface area contributed by atoms with Crippen molar-refractivity contribution in [2.45, 2.75) is 39.2 Å². The molecule has 1 atom stereocenters. The van der Waals surface area contributed by atoms with Gasteiger partial charge in [0.25, 0.3) is 0 Å². The van der Waals surface area contributed by atoms with Crippen LogP contribution < -0.4 is 0 Å². The van der Waals surface area contributed by atoms with E-state index in [1.807, 2.05) is 0 Å². The normalized spacial score (nSPS) is 12.7. The molecule has 0 amide bonds. The summed E-state index contributed by atoms with van der Waals surface area (Å²) in [6.45, 7) is 5.17. The molecule has 0 rings (SSSR count). The minimum atomic E-state index is -1.07. The molecule has 0 aliphatic heterocycles. The highest BCUT2D eigenvalue weighted by Gasteiger charge is 2.24. The van der Waals surface area contributed by atoms with Crippen molar-refractivity contribution in [3.05, 3.63) is 0 Å². The summed E-state index contributed by atoms with van der Waals surface area (Å²) in [4.78, 5) is 22.0. The van der Waals surface area contributed by atoms with Gasteiger partial charge in [0, 0.05) is 6.42 Å². The third-order valence-electron chi connectivity index (χ3n) is 1.55. The lowest BCUT2D eigenvalue weighted by Gasteiger charge is -2.20. The molecule has 4 nitrogen and oxygen atoms in total. The van der Waals surface area contributed by atoms with Crippen LogP contribution in [0.1, 0.15) is 33.6 Å². The lowest BCUT2D eigenvalue weighted by atomic mass is 10.0. The van der Waals surface area contributed by atoms with Gasteiger partial charge >= 0.3 is 11.9 Å². The minimum Gasteiger partial charge on any atom is -0.481 e. The van der Waals surface area contributed by atoms with Crippen LogP contribution in [0.15, 0.2) is 0 Å². The zero-order valence-electron chi connectivity index (χ0n) is 9.24. The van der Waals surface area contributed by atoms with Gasteiger partial charge in [0.2, 0.25) is 0 Å². The molecule has 84 valence electrons. The van der Waals surface area contributed by atoms with Crippen LogP contribution in [0.4, 0.5) is 0 Å². The molecule has 0 spiro atoms. The standard InChI is InChI=1S/C11H16O4/c1-5-6-8(10(13)14)7-9(12)15-11(2,3)4/h1,8H,6-7H2,2-4H3,(H,13,14). The van der Waals surface area contributed by atoms with E-state index in [0.29, 0.717) is 0 Å². The largest absolute Gasteiger partial charge is 0.481 e. The van der Waals surface area contributed by atoms with Gasteiger partial charge < -0.3 is 9.84 Å². The Morgan fingerprint density at radius 3 is 2.33 bits per heavy atom. The molecule has 0 aromatic carbocycles. The van der Waals surface area contributed by atoms with Crippen LogP contribution >= 0.6 is 0 Å². The van der Waals surface area contributed by atoms with Crippen LogP contribution in [0.5, 0.6) is 0 Å². The van der Waals surface area contributed by atoms with Crippen molar-refractivity contribution in [1.82, 2.24) is 0 Å². The van der Waals surface area contributed by atoms with Crippen molar-refractivity contribution in [1.29, 1.82) is 0 Å². The second-order valence-electron chi connectivity index (χ2n) is 4.23. The van der Waals surface area contributed by atoms with Crippen molar-refractivity contribution in [3.63, 3.8) is 0 Å². The van der Waals surface area contributed by atoms with E-state index < -0.39 is 23.5 Å². The number of carboxylic acid groups (broad SMARTS) is 1. The molecule has 0 aliphatic carbocycles. The smallest absolute Gasteiger partial charge is 0.308 e. The summed E-state index contributed by atoms with van der Waals surface area (Å²) in [5.41, 5.74) is -0.601. The predicted molar refractivity (Wildman–Crippen MR) is 55.0 cm³/mol. The van der Waals surface area contributed by atoms with Crippen LogP contribution in [0.25, 0.3) is 0 Å². The maximum Gasteiger partial charge on any atom is 0.308 e. The highest BCUT2D eigenvalue weighted by atomic mass is 16.6. The van der Waals surface area contributed by atoms with E-state index in [1.165, 1.54) is 0 Å². The second kappa shape index (κ2) is 5.40. The number of terminal acetylenes is 1. The molecule has 4 heteroatoms. The average Bonchev–Trinajstić information content (AvgIpc) is 1.99. The Balaban J connectivity index is 4.25. The van der Waals surface area contributed by atoms with Crippen molar-refractivity contribution >= 4 is 11.9 Å². The summed E-state index contributed by atoms with van der Waals surface area (Å²) in [6.07, 6.45) is 4.86. The Bertz CT molecular complexity index is 280. The third-order valence-corrected chi connectivity index (χ3v) is 1.55. The molecule has 1 N–H and O–H groups in total. The highest BCUT2D eigenvalue weighted by Crippen LogP contribution is 2.14. The average molecular weight is 212 g/mol. The number of rotatable bonds is 4. The Morgan fingerprint density at radius 1 is 1.47 bits per heavy atom. The van der Waals surface area contributed by atoms with Gasteiger partial charge in [-0.1, -0.05) is 0 Å². The lowest BCUT2D eigenvalue weighted by molar-refractivity contribution is -0.159. The van der Waals surface area contributed by atoms with Crippen LogP contribution in [0, 0.1) is 18.3 Å². The van der Waals surface area contributed by atoms with Gasteiger partial charge in [0.15, 0.2) is 0 Å². The number of esters is 1. The molecule has 0 fully saturated rings. The van der Waals surface area contributed by atoms with E-state index >= 15 is 0 Å². The minimum absolute atomic E-state index is 0.0363. The van der Waals surface area contributed by atoms with E-state index in [1.54, 1.807) is 20.8 Å². The number of carbonyl (C=O) groups is 2. The first-order chi connectivity index (χ1) is 6.76. The van der Waals surface area contributed by atoms with E-state index in [2.05, 4.69) is 5.92 Å². The second-order valence-corrected chi connectivity index (χ2v) is 4.23. The first kappa shape index (κ1) is 13.5. The number of ether oxygens (including phenoxy) is 1. The Labute approximate surface area is 89.6 Å². The van der Waals surface area contributed by atoms with Gasteiger partial charge in [-0.25, -0.2) is 0 Å². The molecule has 0 saturated carbocycles. The fraction of sp³-hybridized carbons (Fsp3) is 0.636. The van der Waals surface area contributed by atoms with Crippen molar-refractivity contribution < 1.29 is 19.4 Å². The molecular weight excluding hydrogens is 196 g/mol. The zero-order chi connectivity index (χ0) is 12.1. The summed E-state index contributed by atoms with van der Waals surface area (Å²) in [7, 11) is 0. The molecule has 0 bridgehead atoms. The van der Waals surface area contributed by atoms with Gasteiger partial charge in [0.05, 0.1) is 12.3 Å². The predicted octanol–water partition coefficient (Wildman–Crippen LogP) is 1.44. The Morgan fingerprint density at radius 2 is 2.00 bits per heavy atom. The van der Waals surface area contributed by atoms with E-state index in [9.17, 15) is 9.59 Å². The number of carbonyl (C=O) groups excluding carboxylic acids is 1. The molecule has 0 heterocycles. The third kappa shape index (κ3) is 6.55. The first-order valence-corrected chi connectivity index (χ1v) is 4.64. The molecule has 0 aromatic heterocycles. The van der Waals surface area contributed by atoms with E-state index in [-0.39, 0.29) is 12.8 Å². The van der Waals surface area contributed by atoms with Crippen molar-refractivity contribution in [2.24, 2.45) is 5.92 Å². The Kier molecular flexibility index (Phi) is 4.86. The fourth-order valence-corrected chi connectivity index (χ4v) is 0.973. The maximum absolute atomic E-state index is 11.3. The van der Waals surface area contributed by atoms with Crippen molar-refractivity contribution in [3.8, 4) is 12.3 Å². The summed E-state index contributed by atoms with van der Waals surface area (Å²) in [5.74, 6) is -0.235. The van der Waals surface area contributed by atoms with Gasteiger partial charge in [-0.3, -0.25) is 9.59 Å². The Hall–Kier alpha value is -1.50. The van der Waals surface area contributed by atoms with Gasteiger partial charge in [-0.05, 0) is 20.8 Å². The maximum atomic E-state index is 11.3. The van der Waals surface area contributed by atoms with Gasteiger partial charge in [-0.15, -0.1) is 12.3 Å². The van der Waals surface area contributed by atoms with Gasteiger partial charge in [0.1, 0.15) is 5.60 Å². The molecule has 15 heavy (non-hydrogen) atoms. The number of aliphatic carboxylic acids is 1. The van der Waals surface area contributed by atoms with Crippen LogP contribution in [0.3, 0.4) is 0 Å². The van der Waals surface area contributed by atoms with Crippen LogP contribution in [-0.2, 0) is 14.3 Å². The van der Waals surface area contributed by atoms with Gasteiger partial charge in [-0.2, -0.15) is 0 Å². The van der Waals surface area contributed by atoms with Crippen LogP contribution in [0.2, 0.25) is 0 Å². The molecule has 0 aliphatic rings. The van der Waals surface area contributed by atoms with Crippen LogP contribution in [-0.4, -0.2) is 22.6 Å². The topological polar surface area (TPSA) is 63.6 Å². The highest BCUT2D eigenvalue weighted by molar-refractivity contribution is 5.79. The van der Waals surface area contributed by atoms with Crippen molar-refractivity contribution in [2.75, 3.05) is 0 Å². The summed E-state index contributed by atoms with van der Waals surface area (Å²) >= 11 is 0. The summed E-state index contributed by atoms with van der Waals surface area (Å²) in [6, 6.07) is 0. The lowest BCUT2D eigenvalue weighted by Crippen LogP contribution is -2.27. The zero-order valence-corrected chi connectivity index (χ0v) is 9.24. The quantitative estimate of drug-likeness (QED) is 0.565. The monoisotopic (exact) mass is 212 g/mol. The molecule has 0 saturated heterocycles. The molecular formula is C11H16O4. The fourth-order valence-electron chi connectivity index (χ4n) is 0.973. The van der Waals surface area contributed by atoms with E-state index in [0.717, 1.165) is 0 Å². The number of carboxylic acids is 1. The number of hydrogen-bond acceptors (Lipinski definition) is 3.